The lowest BCUT2D eigenvalue weighted by molar-refractivity contribution is 0.334. The van der Waals surface area contributed by atoms with Crippen molar-refractivity contribution in [2.24, 2.45) is 0 Å². The van der Waals surface area contributed by atoms with Crippen LogP contribution in [-0.4, -0.2) is 15.6 Å². The first-order valence-corrected chi connectivity index (χ1v) is 8.91. The first kappa shape index (κ1) is 17.1. The molecule has 3 rings (SSSR count). The molecule has 0 saturated heterocycles. The molecule has 2 heterocycles. The smallest absolute Gasteiger partial charge is 0.263 e. The number of aryl methyl sites for hydroxylation is 1. The maximum atomic E-state index is 13.3. The molecule has 2 aromatic heterocycles. The molecule has 0 aliphatic rings. The van der Waals surface area contributed by atoms with Crippen molar-refractivity contribution in [2.45, 2.75) is 46.6 Å². The van der Waals surface area contributed by atoms with Gasteiger partial charge in [0.05, 0.1) is 23.2 Å². The lowest BCUT2D eigenvalue weighted by Gasteiger charge is -2.14. The molecule has 25 heavy (non-hydrogen) atoms. The van der Waals surface area contributed by atoms with Crippen molar-refractivity contribution in [3.63, 3.8) is 0 Å². The first-order valence-electron chi connectivity index (χ1n) is 8.91. The topological polar surface area (TPSA) is 59.4 Å². The fourth-order valence-electron chi connectivity index (χ4n) is 3.47. The standard InChI is InChI=1S/C20H23N3O2/c1-4-7-10-14-18(25-6-3)15(13-21)19-22(5-2)16-11-8-9-12-17(16)23(19)20(14)24/h8-9,11-12H,4-7,10H2,1-3H3. The van der Waals surface area contributed by atoms with Gasteiger partial charge in [-0.15, -0.1) is 0 Å². The third-order valence-electron chi connectivity index (χ3n) is 4.56. The van der Waals surface area contributed by atoms with E-state index in [9.17, 15) is 10.1 Å². The van der Waals surface area contributed by atoms with Gasteiger partial charge < -0.3 is 9.30 Å². The highest BCUT2D eigenvalue weighted by Crippen LogP contribution is 2.30. The number of benzene rings is 1. The number of para-hydroxylation sites is 2. The predicted molar refractivity (Wildman–Crippen MR) is 99.3 cm³/mol. The number of ether oxygens (including phenoxy) is 1. The van der Waals surface area contributed by atoms with E-state index in [4.69, 9.17) is 4.74 Å². The second-order valence-corrected chi connectivity index (χ2v) is 6.03. The van der Waals surface area contributed by atoms with Crippen LogP contribution in [0.1, 0.15) is 44.7 Å². The van der Waals surface area contributed by atoms with Crippen LogP contribution in [0.25, 0.3) is 16.7 Å². The van der Waals surface area contributed by atoms with E-state index in [1.807, 2.05) is 42.7 Å². The minimum Gasteiger partial charge on any atom is -0.492 e. The molecule has 0 aliphatic carbocycles. The molecule has 130 valence electrons. The van der Waals surface area contributed by atoms with Crippen LogP contribution in [0.2, 0.25) is 0 Å². The van der Waals surface area contributed by atoms with Gasteiger partial charge in [0.1, 0.15) is 23.0 Å². The summed E-state index contributed by atoms with van der Waals surface area (Å²) in [4.78, 5) is 13.3. The molecule has 0 N–H and O–H groups in total. The van der Waals surface area contributed by atoms with E-state index in [2.05, 4.69) is 13.0 Å². The molecule has 0 bridgehead atoms. The number of nitrogens with zero attached hydrogens (tertiary/aromatic N) is 3. The second kappa shape index (κ2) is 7.02. The molecule has 1 aromatic carbocycles. The van der Waals surface area contributed by atoms with Crippen LogP contribution in [0, 0.1) is 11.3 Å². The highest BCUT2D eigenvalue weighted by Gasteiger charge is 2.23. The zero-order valence-electron chi connectivity index (χ0n) is 15.0. The van der Waals surface area contributed by atoms with E-state index >= 15 is 0 Å². The van der Waals surface area contributed by atoms with Crippen LogP contribution in [0.4, 0.5) is 0 Å². The van der Waals surface area contributed by atoms with Crippen LogP contribution >= 0.6 is 0 Å². The number of hydrogen-bond acceptors (Lipinski definition) is 3. The highest BCUT2D eigenvalue weighted by molar-refractivity contribution is 5.85. The summed E-state index contributed by atoms with van der Waals surface area (Å²) in [7, 11) is 0. The molecular weight excluding hydrogens is 314 g/mol. The van der Waals surface area contributed by atoms with Crippen molar-refractivity contribution in [3.8, 4) is 11.8 Å². The van der Waals surface area contributed by atoms with E-state index in [1.54, 1.807) is 4.40 Å². The van der Waals surface area contributed by atoms with Crippen molar-refractivity contribution in [1.82, 2.24) is 8.97 Å². The molecule has 0 radical (unpaired) electrons. The lowest BCUT2D eigenvalue weighted by atomic mass is 10.1. The van der Waals surface area contributed by atoms with Gasteiger partial charge in [-0.3, -0.25) is 9.20 Å². The minimum atomic E-state index is -0.0747. The SMILES string of the molecule is CCCCc1c(OCC)c(C#N)c2n(CC)c3ccccc3n2c1=O. The van der Waals surface area contributed by atoms with E-state index in [-0.39, 0.29) is 5.56 Å². The Hall–Kier alpha value is -2.74. The third-order valence-corrected chi connectivity index (χ3v) is 4.56. The number of hydrogen-bond donors (Lipinski definition) is 0. The van der Waals surface area contributed by atoms with Crippen molar-refractivity contribution < 1.29 is 4.74 Å². The number of unbranched alkanes of at least 4 members (excludes halogenated alkanes) is 1. The summed E-state index contributed by atoms with van der Waals surface area (Å²) in [5.41, 5.74) is 3.40. The van der Waals surface area contributed by atoms with Crippen LogP contribution in [-0.2, 0) is 13.0 Å². The van der Waals surface area contributed by atoms with Gasteiger partial charge in [0.15, 0.2) is 0 Å². The molecule has 0 atom stereocenters. The molecule has 5 nitrogen and oxygen atoms in total. The average Bonchev–Trinajstić information content (AvgIpc) is 2.96. The summed E-state index contributed by atoms with van der Waals surface area (Å²) in [6.45, 7) is 7.08. The van der Waals surface area contributed by atoms with Gasteiger partial charge in [0.25, 0.3) is 5.56 Å². The average molecular weight is 337 g/mol. The summed E-state index contributed by atoms with van der Waals surface area (Å²) in [6.07, 6.45) is 2.49. The fraction of sp³-hybridized carbons (Fsp3) is 0.400. The molecule has 0 aliphatic heterocycles. The van der Waals surface area contributed by atoms with Crippen LogP contribution in [0.5, 0.6) is 5.75 Å². The fourth-order valence-corrected chi connectivity index (χ4v) is 3.47. The number of aromatic nitrogens is 2. The Kier molecular flexibility index (Phi) is 4.80. The number of pyridine rings is 1. The molecule has 0 spiro atoms. The van der Waals surface area contributed by atoms with Crippen LogP contribution in [0.3, 0.4) is 0 Å². The van der Waals surface area contributed by atoms with Gasteiger partial charge >= 0.3 is 0 Å². The van der Waals surface area contributed by atoms with Gasteiger partial charge in [-0.2, -0.15) is 5.26 Å². The van der Waals surface area contributed by atoms with E-state index in [1.165, 1.54) is 0 Å². The van der Waals surface area contributed by atoms with Crippen LogP contribution < -0.4 is 10.3 Å². The number of nitriles is 1. The minimum absolute atomic E-state index is 0.0747. The molecule has 0 unspecified atom stereocenters. The van der Waals surface area contributed by atoms with E-state index in [0.29, 0.717) is 42.1 Å². The summed E-state index contributed by atoms with van der Waals surface area (Å²) in [5, 5.41) is 9.87. The Balaban J connectivity index is 2.55. The molecule has 0 amide bonds. The molecule has 5 heteroatoms. The second-order valence-electron chi connectivity index (χ2n) is 6.03. The van der Waals surface area contributed by atoms with Gasteiger partial charge in [-0.05, 0) is 38.8 Å². The van der Waals surface area contributed by atoms with E-state index in [0.717, 1.165) is 23.9 Å². The molecule has 0 fully saturated rings. The molecule has 0 saturated carbocycles. The van der Waals surface area contributed by atoms with Gasteiger partial charge in [0.2, 0.25) is 0 Å². The maximum absolute atomic E-state index is 13.3. The highest BCUT2D eigenvalue weighted by atomic mass is 16.5. The van der Waals surface area contributed by atoms with Gasteiger partial charge in [0, 0.05) is 6.54 Å². The van der Waals surface area contributed by atoms with E-state index < -0.39 is 0 Å². The van der Waals surface area contributed by atoms with Crippen molar-refractivity contribution >= 4 is 16.7 Å². The third kappa shape index (κ3) is 2.58. The summed E-state index contributed by atoms with van der Waals surface area (Å²) < 4.78 is 9.49. The monoisotopic (exact) mass is 337 g/mol. The van der Waals surface area contributed by atoms with Gasteiger partial charge in [-0.1, -0.05) is 25.5 Å². The Morgan fingerprint density at radius 3 is 2.48 bits per heavy atom. The maximum Gasteiger partial charge on any atom is 0.263 e. The number of imidazole rings is 1. The van der Waals surface area contributed by atoms with Gasteiger partial charge in [-0.25, -0.2) is 0 Å². The quantitative estimate of drug-likeness (QED) is 0.685. The molecule has 3 aromatic rings. The first-order chi connectivity index (χ1) is 12.2. The Bertz CT molecular complexity index is 1020. The summed E-state index contributed by atoms with van der Waals surface area (Å²) >= 11 is 0. The summed E-state index contributed by atoms with van der Waals surface area (Å²) in [5.74, 6) is 0.459. The Labute approximate surface area is 147 Å². The van der Waals surface area contributed by atoms with Crippen LogP contribution in [0.15, 0.2) is 29.1 Å². The van der Waals surface area contributed by atoms with Crippen molar-refractivity contribution in [2.75, 3.05) is 6.61 Å². The Morgan fingerprint density at radius 2 is 1.88 bits per heavy atom. The molecular formula is C20H23N3O2. The van der Waals surface area contributed by atoms with Crippen molar-refractivity contribution in [1.29, 1.82) is 5.26 Å². The lowest BCUT2D eigenvalue weighted by Crippen LogP contribution is -2.21. The number of fused-ring (bicyclic) bond motifs is 3. The normalized spacial score (nSPS) is 11.1. The zero-order chi connectivity index (χ0) is 18.0. The zero-order valence-corrected chi connectivity index (χ0v) is 15.0. The van der Waals surface area contributed by atoms with Crippen molar-refractivity contribution in [3.05, 3.63) is 45.7 Å². The number of rotatable bonds is 6. The largest absolute Gasteiger partial charge is 0.492 e. The predicted octanol–water partition coefficient (Wildman–Crippen LogP) is 3.89. The summed E-state index contributed by atoms with van der Waals surface area (Å²) in [6, 6.07) is 10.1. The Morgan fingerprint density at radius 1 is 1.16 bits per heavy atom.